The molecule has 23 heavy (non-hydrogen) atoms. The van der Waals surface area contributed by atoms with E-state index < -0.39 is 6.04 Å². The smallest absolute Gasteiger partial charge is 0.241 e. The van der Waals surface area contributed by atoms with Crippen LogP contribution < -0.4 is 11.1 Å². The van der Waals surface area contributed by atoms with Crippen molar-refractivity contribution in [2.24, 2.45) is 11.7 Å². The van der Waals surface area contributed by atoms with Crippen LogP contribution >= 0.6 is 11.8 Å². The highest BCUT2D eigenvalue weighted by atomic mass is 32.2. The fourth-order valence-electron chi connectivity index (χ4n) is 2.13. The molecule has 1 heterocycles. The molecule has 0 aliphatic rings. The maximum absolute atomic E-state index is 12.0. The summed E-state index contributed by atoms with van der Waals surface area (Å²) in [6, 6.07) is 11.4. The highest BCUT2D eigenvalue weighted by molar-refractivity contribution is 7.98. The van der Waals surface area contributed by atoms with Gasteiger partial charge in [-0.25, -0.2) is 0 Å². The summed E-state index contributed by atoms with van der Waals surface area (Å²) in [4.78, 5) is 17.3. The highest BCUT2D eigenvalue weighted by Gasteiger charge is 2.14. The first-order valence-corrected chi connectivity index (χ1v) is 8.71. The van der Waals surface area contributed by atoms with Gasteiger partial charge in [-0.2, -0.15) is 0 Å². The standard InChI is InChI=1S/C18H23N3OS/c1-13(2)10-17(19)18(22)21-15-5-7-16(8-6-15)23-12-14-4-3-9-20-11-14/h3-9,11,13,17H,10,12,19H2,1-2H3,(H,21,22)/t17-/m0/s1. The number of carbonyl (C=O) groups excluding carboxylic acids is 1. The Morgan fingerprint density at radius 1 is 1.26 bits per heavy atom. The fourth-order valence-corrected chi connectivity index (χ4v) is 2.97. The zero-order valence-corrected chi connectivity index (χ0v) is 14.3. The Labute approximate surface area is 141 Å². The number of nitrogens with zero attached hydrogens (tertiary/aromatic N) is 1. The minimum absolute atomic E-state index is 0.130. The number of anilines is 1. The number of nitrogens with two attached hydrogens (primary N) is 1. The van der Waals surface area contributed by atoms with E-state index in [1.165, 1.54) is 5.56 Å². The van der Waals surface area contributed by atoms with Crippen molar-refractivity contribution in [2.45, 2.75) is 37.0 Å². The first-order chi connectivity index (χ1) is 11.0. The van der Waals surface area contributed by atoms with E-state index >= 15 is 0 Å². The molecule has 0 saturated heterocycles. The van der Waals surface area contributed by atoms with Gasteiger partial charge >= 0.3 is 0 Å². The average Bonchev–Trinajstić information content (AvgIpc) is 2.54. The van der Waals surface area contributed by atoms with Gasteiger partial charge < -0.3 is 11.1 Å². The lowest BCUT2D eigenvalue weighted by atomic mass is 10.0. The van der Waals surface area contributed by atoms with Crippen LogP contribution in [0, 0.1) is 5.92 Å². The second-order valence-corrected chi connectivity index (χ2v) is 6.95. The molecule has 3 N–H and O–H groups in total. The number of rotatable bonds is 7. The van der Waals surface area contributed by atoms with E-state index in [1.807, 2.05) is 36.5 Å². The number of nitrogens with one attached hydrogen (secondary N) is 1. The van der Waals surface area contributed by atoms with Crippen LogP contribution in [-0.4, -0.2) is 16.9 Å². The van der Waals surface area contributed by atoms with Crippen LogP contribution in [-0.2, 0) is 10.5 Å². The molecule has 1 aromatic heterocycles. The van der Waals surface area contributed by atoms with E-state index in [2.05, 4.69) is 30.2 Å². The molecule has 122 valence electrons. The second kappa shape index (κ2) is 8.70. The van der Waals surface area contributed by atoms with Gasteiger partial charge in [0, 0.05) is 28.7 Å². The van der Waals surface area contributed by atoms with Crippen molar-refractivity contribution in [3.05, 3.63) is 54.4 Å². The van der Waals surface area contributed by atoms with Gasteiger partial charge in [0.25, 0.3) is 0 Å². The summed E-state index contributed by atoms with van der Waals surface area (Å²) in [5.41, 5.74) is 7.85. The van der Waals surface area contributed by atoms with Crippen molar-refractivity contribution < 1.29 is 4.79 Å². The second-order valence-electron chi connectivity index (χ2n) is 5.90. The summed E-state index contributed by atoms with van der Waals surface area (Å²) in [5, 5.41) is 2.86. The average molecular weight is 329 g/mol. The summed E-state index contributed by atoms with van der Waals surface area (Å²) in [7, 11) is 0. The Kier molecular flexibility index (Phi) is 6.62. The van der Waals surface area contributed by atoms with Crippen molar-refractivity contribution in [1.82, 2.24) is 4.98 Å². The van der Waals surface area contributed by atoms with Gasteiger partial charge in [0.2, 0.25) is 5.91 Å². The summed E-state index contributed by atoms with van der Waals surface area (Å²) < 4.78 is 0. The molecule has 1 amide bonds. The van der Waals surface area contributed by atoms with E-state index in [1.54, 1.807) is 18.0 Å². The quantitative estimate of drug-likeness (QED) is 0.760. The molecule has 1 atom stereocenters. The molecule has 4 nitrogen and oxygen atoms in total. The largest absolute Gasteiger partial charge is 0.325 e. The number of pyridine rings is 1. The first-order valence-electron chi connectivity index (χ1n) is 7.73. The third-order valence-electron chi connectivity index (χ3n) is 3.31. The fraction of sp³-hybridized carbons (Fsp3) is 0.333. The predicted molar refractivity (Wildman–Crippen MR) is 96.3 cm³/mol. The molecule has 0 bridgehead atoms. The summed E-state index contributed by atoms with van der Waals surface area (Å²) in [6.07, 6.45) is 4.33. The third kappa shape index (κ3) is 6.04. The number of hydrogen-bond donors (Lipinski definition) is 2. The third-order valence-corrected chi connectivity index (χ3v) is 4.40. The number of carbonyl (C=O) groups is 1. The van der Waals surface area contributed by atoms with Crippen LogP contribution in [0.5, 0.6) is 0 Å². The summed E-state index contributed by atoms with van der Waals surface area (Å²) in [5.74, 6) is 1.15. The van der Waals surface area contributed by atoms with Gasteiger partial charge in [-0.3, -0.25) is 9.78 Å². The maximum Gasteiger partial charge on any atom is 0.241 e. The van der Waals surface area contributed by atoms with E-state index in [0.29, 0.717) is 12.3 Å². The maximum atomic E-state index is 12.0. The van der Waals surface area contributed by atoms with Crippen molar-refractivity contribution in [2.75, 3.05) is 5.32 Å². The van der Waals surface area contributed by atoms with Crippen LogP contribution in [0.3, 0.4) is 0 Å². The molecule has 0 saturated carbocycles. The van der Waals surface area contributed by atoms with Gasteiger partial charge in [0.1, 0.15) is 0 Å². The first kappa shape index (κ1) is 17.5. The van der Waals surface area contributed by atoms with E-state index in [9.17, 15) is 4.79 Å². The van der Waals surface area contributed by atoms with Crippen molar-refractivity contribution >= 4 is 23.4 Å². The zero-order chi connectivity index (χ0) is 16.7. The minimum Gasteiger partial charge on any atom is -0.325 e. The van der Waals surface area contributed by atoms with Crippen molar-refractivity contribution in [3.63, 3.8) is 0 Å². The molecule has 2 rings (SSSR count). The molecule has 0 unspecified atom stereocenters. The van der Waals surface area contributed by atoms with Crippen LogP contribution in [0.1, 0.15) is 25.8 Å². The monoisotopic (exact) mass is 329 g/mol. The van der Waals surface area contributed by atoms with Crippen LogP contribution in [0.2, 0.25) is 0 Å². The lowest BCUT2D eigenvalue weighted by Gasteiger charge is -2.14. The Bertz CT molecular complexity index is 614. The molecule has 0 spiro atoms. The molecule has 1 aromatic carbocycles. The lowest BCUT2D eigenvalue weighted by Crippen LogP contribution is -2.36. The molecule has 0 aliphatic carbocycles. The highest BCUT2D eigenvalue weighted by Crippen LogP contribution is 2.24. The molecular formula is C18H23N3OS. The van der Waals surface area contributed by atoms with E-state index in [4.69, 9.17) is 5.73 Å². The lowest BCUT2D eigenvalue weighted by molar-refractivity contribution is -0.117. The van der Waals surface area contributed by atoms with Gasteiger partial charge in [-0.1, -0.05) is 19.9 Å². The molecule has 5 heteroatoms. The molecule has 0 aliphatic heterocycles. The van der Waals surface area contributed by atoms with Crippen molar-refractivity contribution in [3.8, 4) is 0 Å². The normalized spacial score (nSPS) is 12.2. The van der Waals surface area contributed by atoms with Crippen LogP contribution in [0.15, 0.2) is 53.7 Å². The number of thioether (sulfide) groups is 1. The van der Waals surface area contributed by atoms with E-state index in [0.717, 1.165) is 16.3 Å². The Balaban J connectivity index is 1.85. The van der Waals surface area contributed by atoms with Gasteiger partial charge in [0.15, 0.2) is 0 Å². The van der Waals surface area contributed by atoms with Gasteiger partial charge in [-0.15, -0.1) is 11.8 Å². The number of benzene rings is 1. The van der Waals surface area contributed by atoms with Gasteiger partial charge in [0.05, 0.1) is 6.04 Å². The van der Waals surface area contributed by atoms with Crippen molar-refractivity contribution in [1.29, 1.82) is 0 Å². The SMILES string of the molecule is CC(C)C[C@H](N)C(=O)Nc1ccc(SCc2cccnc2)cc1. The predicted octanol–water partition coefficient (Wildman–Crippen LogP) is 3.69. The number of hydrogen-bond acceptors (Lipinski definition) is 4. The molecular weight excluding hydrogens is 306 g/mol. The number of amides is 1. The van der Waals surface area contributed by atoms with Crippen LogP contribution in [0.4, 0.5) is 5.69 Å². The zero-order valence-electron chi connectivity index (χ0n) is 13.5. The van der Waals surface area contributed by atoms with Crippen LogP contribution in [0.25, 0.3) is 0 Å². The molecule has 0 radical (unpaired) electrons. The van der Waals surface area contributed by atoms with E-state index in [-0.39, 0.29) is 5.91 Å². The molecule has 2 aromatic rings. The summed E-state index contributed by atoms with van der Waals surface area (Å²) >= 11 is 1.74. The summed E-state index contributed by atoms with van der Waals surface area (Å²) in [6.45, 7) is 4.11. The Hall–Kier alpha value is -1.85. The Morgan fingerprint density at radius 3 is 2.61 bits per heavy atom. The molecule has 0 fully saturated rings. The number of aromatic nitrogens is 1. The van der Waals surface area contributed by atoms with Gasteiger partial charge in [-0.05, 0) is 48.2 Å². The topological polar surface area (TPSA) is 68.0 Å². The minimum atomic E-state index is -0.463. The Morgan fingerprint density at radius 2 is 2.00 bits per heavy atom.